The van der Waals surface area contributed by atoms with Crippen LogP contribution in [0, 0.1) is 11.8 Å². The van der Waals surface area contributed by atoms with Crippen molar-refractivity contribution in [2.45, 2.75) is 51.1 Å². The summed E-state index contributed by atoms with van der Waals surface area (Å²) in [7, 11) is 0. The second-order valence-electron chi connectivity index (χ2n) is 9.25. The van der Waals surface area contributed by atoms with Crippen molar-refractivity contribution < 1.29 is 24.2 Å². The maximum absolute atomic E-state index is 12.8. The predicted octanol–water partition coefficient (Wildman–Crippen LogP) is 3.92. The Morgan fingerprint density at radius 2 is 1.61 bits per heavy atom. The first-order valence-electron chi connectivity index (χ1n) is 11.5. The molecule has 0 heterocycles. The average molecular weight is 451 g/mol. The fraction of sp³-hybridized carbons (Fsp3) is 0.423. The summed E-state index contributed by atoms with van der Waals surface area (Å²) in [5.74, 6) is -1.77. The molecule has 0 spiro atoms. The van der Waals surface area contributed by atoms with Gasteiger partial charge in [-0.1, -0.05) is 62.4 Å². The van der Waals surface area contributed by atoms with Gasteiger partial charge in [0.25, 0.3) is 0 Å². The highest BCUT2D eigenvalue weighted by molar-refractivity contribution is 5.86. The number of carboxylic acid groups (broad SMARTS) is 1. The van der Waals surface area contributed by atoms with Crippen LogP contribution in [0.5, 0.6) is 0 Å². The molecular formula is C26H30N2O5. The molecule has 0 saturated heterocycles. The van der Waals surface area contributed by atoms with E-state index in [2.05, 4.69) is 34.9 Å². The van der Waals surface area contributed by atoms with E-state index < -0.39 is 24.0 Å². The number of hydrogen-bond donors (Lipinski definition) is 3. The molecule has 1 saturated carbocycles. The standard InChI is InChI=1S/C26H30N2O5/c1-15(2)23(24(29)27-17-12-11-16(13-17)25(30)31)28-26(32)33-14-22-20-9-5-3-7-18(20)19-8-4-6-10-21(19)22/h3-10,15-17,22-23H,11-14H2,1-2H3,(H,27,29)(H,28,32)(H,30,31)/t16-,17+,23+/m1/s1. The smallest absolute Gasteiger partial charge is 0.407 e. The molecule has 2 aliphatic rings. The van der Waals surface area contributed by atoms with Crippen LogP contribution in [0.3, 0.4) is 0 Å². The van der Waals surface area contributed by atoms with E-state index in [1.54, 1.807) is 0 Å². The Morgan fingerprint density at radius 3 is 2.15 bits per heavy atom. The maximum Gasteiger partial charge on any atom is 0.407 e. The van der Waals surface area contributed by atoms with Gasteiger partial charge in [-0.2, -0.15) is 0 Å². The third-order valence-electron chi connectivity index (χ3n) is 6.69. The molecule has 1 fully saturated rings. The Labute approximate surface area is 193 Å². The van der Waals surface area contributed by atoms with Crippen molar-refractivity contribution in [3.8, 4) is 11.1 Å². The minimum absolute atomic E-state index is 0.0547. The molecule has 3 N–H and O–H groups in total. The van der Waals surface area contributed by atoms with Gasteiger partial charge < -0.3 is 20.5 Å². The van der Waals surface area contributed by atoms with Crippen LogP contribution >= 0.6 is 0 Å². The Balaban J connectivity index is 1.36. The number of carbonyl (C=O) groups is 3. The normalized spacial score (nSPS) is 20.1. The van der Waals surface area contributed by atoms with E-state index in [1.165, 1.54) is 0 Å². The number of rotatable bonds is 7. The zero-order valence-electron chi connectivity index (χ0n) is 18.9. The van der Waals surface area contributed by atoms with Crippen molar-refractivity contribution in [3.05, 3.63) is 59.7 Å². The molecule has 2 amide bonds. The Hall–Kier alpha value is -3.35. The quantitative estimate of drug-likeness (QED) is 0.593. The van der Waals surface area contributed by atoms with E-state index in [1.807, 2.05) is 38.1 Å². The molecule has 2 aromatic rings. The lowest BCUT2D eigenvalue weighted by atomic mass is 9.98. The number of ether oxygens (including phenoxy) is 1. The highest BCUT2D eigenvalue weighted by Gasteiger charge is 2.34. The summed E-state index contributed by atoms with van der Waals surface area (Å²) in [5.41, 5.74) is 4.55. The third kappa shape index (κ3) is 4.87. The fourth-order valence-corrected chi connectivity index (χ4v) is 4.93. The minimum Gasteiger partial charge on any atom is -0.481 e. The van der Waals surface area contributed by atoms with Gasteiger partial charge in [-0.3, -0.25) is 9.59 Å². The second kappa shape index (κ2) is 9.65. The molecule has 0 bridgehead atoms. The maximum atomic E-state index is 12.8. The van der Waals surface area contributed by atoms with E-state index >= 15 is 0 Å². The first-order chi connectivity index (χ1) is 15.8. The summed E-state index contributed by atoms with van der Waals surface area (Å²) in [6.07, 6.45) is 0.947. The monoisotopic (exact) mass is 450 g/mol. The number of carbonyl (C=O) groups excluding carboxylic acids is 2. The zero-order valence-corrected chi connectivity index (χ0v) is 18.9. The van der Waals surface area contributed by atoms with Gasteiger partial charge in [0.1, 0.15) is 12.6 Å². The summed E-state index contributed by atoms with van der Waals surface area (Å²) < 4.78 is 5.58. The van der Waals surface area contributed by atoms with Crippen LogP contribution < -0.4 is 10.6 Å². The van der Waals surface area contributed by atoms with Crippen LogP contribution in [-0.4, -0.2) is 41.8 Å². The minimum atomic E-state index is -0.830. The SMILES string of the molecule is CC(C)[C@H](NC(=O)OCC1c2ccccc2-c2ccccc21)C(=O)N[C@H]1CC[C@@H](C(=O)O)C1. The summed E-state index contributed by atoms with van der Waals surface area (Å²) in [5, 5.41) is 14.8. The van der Waals surface area contributed by atoms with Crippen LogP contribution in [-0.2, 0) is 14.3 Å². The van der Waals surface area contributed by atoms with E-state index in [4.69, 9.17) is 9.84 Å². The van der Waals surface area contributed by atoms with Gasteiger partial charge in [0.2, 0.25) is 5.91 Å². The molecule has 2 aromatic carbocycles. The number of fused-ring (bicyclic) bond motifs is 3. The van der Waals surface area contributed by atoms with E-state index in [0.717, 1.165) is 22.3 Å². The highest BCUT2D eigenvalue weighted by atomic mass is 16.5. The van der Waals surface area contributed by atoms with Crippen molar-refractivity contribution in [2.75, 3.05) is 6.61 Å². The van der Waals surface area contributed by atoms with Crippen LogP contribution in [0.15, 0.2) is 48.5 Å². The molecule has 2 aliphatic carbocycles. The Morgan fingerprint density at radius 1 is 1.00 bits per heavy atom. The van der Waals surface area contributed by atoms with Gasteiger partial charge in [0.15, 0.2) is 0 Å². The molecule has 7 nitrogen and oxygen atoms in total. The molecule has 174 valence electrons. The molecular weight excluding hydrogens is 420 g/mol. The fourth-order valence-electron chi connectivity index (χ4n) is 4.93. The number of nitrogens with one attached hydrogen (secondary N) is 2. The van der Waals surface area contributed by atoms with Crippen molar-refractivity contribution in [1.82, 2.24) is 10.6 Å². The van der Waals surface area contributed by atoms with Crippen molar-refractivity contribution in [1.29, 1.82) is 0 Å². The van der Waals surface area contributed by atoms with E-state index in [-0.39, 0.29) is 30.4 Å². The largest absolute Gasteiger partial charge is 0.481 e. The molecule has 3 atom stereocenters. The zero-order chi connectivity index (χ0) is 23.5. The molecule has 0 aromatic heterocycles. The van der Waals surface area contributed by atoms with Crippen LogP contribution in [0.1, 0.15) is 50.2 Å². The van der Waals surface area contributed by atoms with Gasteiger partial charge in [-0.05, 0) is 47.4 Å². The number of alkyl carbamates (subject to hydrolysis) is 1. The third-order valence-corrected chi connectivity index (χ3v) is 6.69. The average Bonchev–Trinajstić information content (AvgIpc) is 3.39. The molecule has 0 unspecified atom stereocenters. The molecule has 33 heavy (non-hydrogen) atoms. The molecule has 4 rings (SSSR count). The van der Waals surface area contributed by atoms with Gasteiger partial charge in [0.05, 0.1) is 5.92 Å². The van der Waals surface area contributed by atoms with Gasteiger partial charge in [-0.15, -0.1) is 0 Å². The van der Waals surface area contributed by atoms with Gasteiger partial charge in [-0.25, -0.2) is 4.79 Å². The van der Waals surface area contributed by atoms with Crippen LogP contribution in [0.4, 0.5) is 4.79 Å². The van der Waals surface area contributed by atoms with Gasteiger partial charge >= 0.3 is 12.1 Å². The van der Waals surface area contributed by atoms with Crippen molar-refractivity contribution in [3.63, 3.8) is 0 Å². The molecule has 7 heteroatoms. The number of aliphatic carboxylic acids is 1. The summed E-state index contributed by atoms with van der Waals surface area (Å²) >= 11 is 0. The summed E-state index contributed by atoms with van der Waals surface area (Å²) in [6, 6.07) is 15.3. The first kappa shape index (κ1) is 22.8. The summed E-state index contributed by atoms with van der Waals surface area (Å²) in [4.78, 5) is 36.6. The first-order valence-corrected chi connectivity index (χ1v) is 11.5. The number of amides is 2. The summed E-state index contributed by atoms with van der Waals surface area (Å²) in [6.45, 7) is 3.88. The molecule has 0 radical (unpaired) electrons. The van der Waals surface area contributed by atoms with E-state index in [0.29, 0.717) is 19.3 Å². The van der Waals surface area contributed by atoms with Crippen molar-refractivity contribution >= 4 is 18.0 Å². The van der Waals surface area contributed by atoms with Crippen LogP contribution in [0.2, 0.25) is 0 Å². The van der Waals surface area contributed by atoms with Crippen LogP contribution in [0.25, 0.3) is 11.1 Å². The Kier molecular flexibility index (Phi) is 6.67. The van der Waals surface area contributed by atoms with Gasteiger partial charge in [0, 0.05) is 12.0 Å². The lowest BCUT2D eigenvalue weighted by Crippen LogP contribution is -2.52. The highest BCUT2D eigenvalue weighted by Crippen LogP contribution is 2.44. The predicted molar refractivity (Wildman–Crippen MR) is 124 cm³/mol. The lowest BCUT2D eigenvalue weighted by molar-refractivity contribution is -0.141. The topological polar surface area (TPSA) is 105 Å². The Bertz CT molecular complexity index is 1000. The number of carboxylic acids is 1. The van der Waals surface area contributed by atoms with Crippen molar-refractivity contribution in [2.24, 2.45) is 11.8 Å². The van der Waals surface area contributed by atoms with E-state index in [9.17, 15) is 14.4 Å². The second-order valence-corrected chi connectivity index (χ2v) is 9.25. The number of benzene rings is 2. The molecule has 0 aliphatic heterocycles. The lowest BCUT2D eigenvalue weighted by Gasteiger charge is -2.24. The number of hydrogen-bond acceptors (Lipinski definition) is 4.